The summed E-state index contributed by atoms with van der Waals surface area (Å²) < 4.78 is 42.3. The van der Waals surface area contributed by atoms with Crippen LogP contribution in [0.5, 0.6) is 5.75 Å². The van der Waals surface area contributed by atoms with E-state index < -0.39 is 12.8 Å². The first-order chi connectivity index (χ1) is 12.8. The number of carbonyl (C=O) groups is 1. The molecule has 1 aliphatic heterocycles. The molecule has 1 heterocycles. The molecule has 7 heteroatoms. The van der Waals surface area contributed by atoms with E-state index in [4.69, 9.17) is 4.74 Å². The van der Waals surface area contributed by atoms with E-state index in [-0.39, 0.29) is 17.7 Å². The number of para-hydroxylation sites is 2. The van der Waals surface area contributed by atoms with Gasteiger partial charge in [-0.15, -0.1) is 0 Å². The average Bonchev–Trinajstić information content (AvgIpc) is 3.02. The molecule has 144 valence electrons. The molecular formula is C20H21F3N2O2. The molecular weight excluding hydrogens is 357 g/mol. The SMILES string of the molecule is CN(Cc1ccccc1OCC(F)(F)F)[C@@H]1CCN(c2ccccc2)C1=O. The van der Waals surface area contributed by atoms with Crippen LogP contribution >= 0.6 is 0 Å². The van der Waals surface area contributed by atoms with Crippen molar-refractivity contribution in [3.05, 3.63) is 60.2 Å². The van der Waals surface area contributed by atoms with E-state index in [9.17, 15) is 18.0 Å². The van der Waals surface area contributed by atoms with E-state index in [0.717, 1.165) is 5.69 Å². The molecule has 2 aromatic carbocycles. The van der Waals surface area contributed by atoms with Crippen LogP contribution in [0.1, 0.15) is 12.0 Å². The normalized spacial score (nSPS) is 17.6. The molecule has 1 amide bonds. The molecule has 4 nitrogen and oxygen atoms in total. The van der Waals surface area contributed by atoms with Gasteiger partial charge in [0.15, 0.2) is 6.61 Å². The largest absolute Gasteiger partial charge is 0.484 e. The Balaban J connectivity index is 1.68. The minimum atomic E-state index is -4.39. The highest BCUT2D eigenvalue weighted by Gasteiger charge is 2.35. The summed E-state index contributed by atoms with van der Waals surface area (Å²) in [6, 6.07) is 15.7. The van der Waals surface area contributed by atoms with E-state index in [2.05, 4.69) is 0 Å². The maximum atomic E-state index is 12.8. The van der Waals surface area contributed by atoms with E-state index in [0.29, 0.717) is 25.1 Å². The van der Waals surface area contributed by atoms with Crippen LogP contribution in [0.2, 0.25) is 0 Å². The van der Waals surface area contributed by atoms with Crippen molar-refractivity contribution in [2.24, 2.45) is 0 Å². The lowest BCUT2D eigenvalue weighted by molar-refractivity contribution is -0.153. The second-order valence-corrected chi connectivity index (χ2v) is 6.56. The first kappa shape index (κ1) is 19.2. The van der Waals surface area contributed by atoms with Gasteiger partial charge in [0.2, 0.25) is 5.91 Å². The predicted octanol–water partition coefficient (Wildman–Crippen LogP) is 3.87. The van der Waals surface area contributed by atoms with Gasteiger partial charge in [0.1, 0.15) is 5.75 Å². The summed E-state index contributed by atoms with van der Waals surface area (Å²) >= 11 is 0. The zero-order chi connectivity index (χ0) is 19.4. The van der Waals surface area contributed by atoms with Gasteiger partial charge in [-0.1, -0.05) is 36.4 Å². The van der Waals surface area contributed by atoms with Gasteiger partial charge in [-0.3, -0.25) is 9.69 Å². The number of amides is 1. The summed E-state index contributed by atoms with van der Waals surface area (Å²) in [5.74, 6) is 0.185. The van der Waals surface area contributed by atoms with Crippen LogP contribution in [0.15, 0.2) is 54.6 Å². The van der Waals surface area contributed by atoms with Crippen LogP contribution < -0.4 is 9.64 Å². The summed E-state index contributed by atoms with van der Waals surface area (Å²) in [5.41, 5.74) is 1.47. The Morgan fingerprint density at radius 1 is 1.11 bits per heavy atom. The van der Waals surface area contributed by atoms with E-state index in [1.54, 1.807) is 30.1 Å². The van der Waals surface area contributed by atoms with Crippen molar-refractivity contribution in [3.8, 4) is 5.75 Å². The number of benzene rings is 2. The molecule has 0 bridgehead atoms. The Hall–Kier alpha value is -2.54. The van der Waals surface area contributed by atoms with Crippen molar-refractivity contribution >= 4 is 11.6 Å². The minimum Gasteiger partial charge on any atom is -0.484 e. The molecule has 1 fully saturated rings. The fourth-order valence-corrected chi connectivity index (χ4v) is 3.25. The number of nitrogens with zero attached hydrogens (tertiary/aromatic N) is 2. The third kappa shape index (κ3) is 4.80. The Kier molecular flexibility index (Phi) is 5.70. The van der Waals surface area contributed by atoms with Gasteiger partial charge >= 0.3 is 6.18 Å². The first-order valence-electron chi connectivity index (χ1n) is 8.69. The van der Waals surface area contributed by atoms with Crippen LogP contribution in [0.25, 0.3) is 0 Å². The lowest BCUT2D eigenvalue weighted by Crippen LogP contribution is -2.39. The number of likely N-dealkylation sites (N-methyl/N-ethyl adjacent to an activating group) is 1. The molecule has 0 spiro atoms. The monoisotopic (exact) mass is 378 g/mol. The van der Waals surface area contributed by atoms with Gasteiger partial charge in [-0.2, -0.15) is 13.2 Å². The van der Waals surface area contributed by atoms with Crippen LogP contribution in [0.4, 0.5) is 18.9 Å². The summed E-state index contributed by atoms with van der Waals surface area (Å²) in [6.45, 7) is -0.394. The smallest absolute Gasteiger partial charge is 0.422 e. The van der Waals surface area contributed by atoms with E-state index in [1.165, 1.54) is 6.07 Å². The van der Waals surface area contributed by atoms with Crippen LogP contribution in [-0.4, -0.2) is 43.2 Å². The highest BCUT2D eigenvalue weighted by atomic mass is 19.4. The molecule has 3 rings (SSSR count). The first-order valence-corrected chi connectivity index (χ1v) is 8.69. The van der Waals surface area contributed by atoms with E-state index in [1.807, 2.05) is 35.2 Å². The highest BCUT2D eigenvalue weighted by molar-refractivity contribution is 5.99. The second kappa shape index (κ2) is 8.00. The summed E-state index contributed by atoms with van der Waals surface area (Å²) in [4.78, 5) is 16.4. The number of carbonyl (C=O) groups excluding carboxylic acids is 1. The summed E-state index contributed by atoms with van der Waals surface area (Å²) in [6.07, 6.45) is -3.73. The van der Waals surface area contributed by atoms with Crippen molar-refractivity contribution in [2.45, 2.75) is 25.2 Å². The van der Waals surface area contributed by atoms with Crippen molar-refractivity contribution in [1.29, 1.82) is 0 Å². The molecule has 2 aromatic rings. The molecule has 0 unspecified atom stereocenters. The Labute approximate surface area is 156 Å². The van der Waals surface area contributed by atoms with Gasteiger partial charge in [0, 0.05) is 24.3 Å². The number of halogens is 3. The van der Waals surface area contributed by atoms with Crippen molar-refractivity contribution in [2.75, 3.05) is 25.1 Å². The lowest BCUT2D eigenvalue weighted by atomic mass is 10.1. The average molecular weight is 378 g/mol. The molecule has 0 aliphatic carbocycles. The number of hydrogen-bond acceptors (Lipinski definition) is 3. The second-order valence-electron chi connectivity index (χ2n) is 6.56. The molecule has 27 heavy (non-hydrogen) atoms. The third-order valence-corrected chi connectivity index (χ3v) is 4.56. The quantitative estimate of drug-likeness (QED) is 0.765. The maximum Gasteiger partial charge on any atom is 0.422 e. The van der Waals surface area contributed by atoms with Crippen LogP contribution in [0.3, 0.4) is 0 Å². The summed E-state index contributed by atoms with van der Waals surface area (Å²) in [7, 11) is 1.80. The summed E-state index contributed by atoms with van der Waals surface area (Å²) in [5, 5.41) is 0. The van der Waals surface area contributed by atoms with Crippen molar-refractivity contribution in [3.63, 3.8) is 0 Å². The molecule has 0 aromatic heterocycles. The van der Waals surface area contributed by atoms with Crippen LogP contribution in [0, 0.1) is 0 Å². The minimum absolute atomic E-state index is 0.00242. The van der Waals surface area contributed by atoms with Gasteiger partial charge in [-0.05, 0) is 31.7 Å². The predicted molar refractivity (Wildman–Crippen MR) is 96.7 cm³/mol. The van der Waals surface area contributed by atoms with Crippen molar-refractivity contribution < 1.29 is 22.7 Å². The number of anilines is 1. The Morgan fingerprint density at radius 3 is 2.48 bits per heavy atom. The number of alkyl halides is 3. The molecule has 0 N–H and O–H groups in total. The lowest BCUT2D eigenvalue weighted by Gasteiger charge is -2.25. The topological polar surface area (TPSA) is 32.8 Å². The molecule has 1 saturated heterocycles. The molecule has 0 radical (unpaired) electrons. The zero-order valence-electron chi connectivity index (χ0n) is 14.9. The number of ether oxygens (including phenoxy) is 1. The highest BCUT2D eigenvalue weighted by Crippen LogP contribution is 2.27. The number of rotatable bonds is 6. The third-order valence-electron chi connectivity index (χ3n) is 4.56. The van der Waals surface area contributed by atoms with Crippen LogP contribution in [-0.2, 0) is 11.3 Å². The van der Waals surface area contributed by atoms with E-state index >= 15 is 0 Å². The van der Waals surface area contributed by atoms with Crippen molar-refractivity contribution in [1.82, 2.24) is 4.90 Å². The Morgan fingerprint density at radius 2 is 1.78 bits per heavy atom. The fraction of sp³-hybridized carbons (Fsp3) is 0.350. The maximum absolute atomic E-state index is 12.8. The van der Waals surface area contributed by atoms with Gasteiger partial charge in [0.05, 0.1) is 6.04 Å². The fourth-order valence-electron chi connectivity index (χ4n) is 3.25. The number of hydrogen-bond donors (Lipinski definition) is 0. The zero-order valence-corrected chi connectivity index (χ0v) is 14.9. The van der Waals surface area contributed by atoms with Gasteiger partial charge < -0.3 is 9.64 Å². The standard InChI is InChI=1S/C20H21F3N2O2/c1-24(13-15-7-5-6-10-18(15)27-14-20(21,22)23)17-11-12-25(19(17)26)16-8-3-2-4-9-16/h2-10,17H,11-14H2,1H3/t17-/m1/s1. The molecule has 1 atom stereocenters. The van der Waals surface area contributed by atoms with Gasteiger partial charge in [-0.25, -0.2) is 0 Å². The Bertz CT molecular complexity index is 780. The molecule has 1 aliphatic rings. The van der Waals surface area contributed by atoms with Gasteiger partial charge in [0.25, 0.3) is 0 Å². The molecule has 0 saturated carbocycles.